The number of terminal acetylenes is 1. The van der Waals surface area contributed by atoms with Crippen LogP contribution in [-0.2, 0) is 0 Å². The maximum atomic E-state index is 5.75. The molecule has 0 aromatic carbocycles. The second-order valence-corrected chi connectivity index (χ2v) is 4.18. The number of aromatic nitrogens is 3. The highest BCUT2D eigenvalue weighted by Crippen LogP contribution is 2.17. The van der Waals surface area contributed by atoms with E-state index in [-0.39, 0.29) is 11.3 Å². The molecule has 16 heavy (non-hydrogen) atoms. The van der Waals surface area contributed by atoms with E-state index >= 15 is 0 Å². The molecule has 0 fully saturated rings. The predicted octanol–water partition coefficient (Wildman–Crippen LogP) is 1.38. The number of hydrogen-bond acceptors (Lipinski definition) is 5. The van der Waals surface area contributed by atoms with E-state index in [1.54, 1.807) is 32.8 Å². The minimum absolute atomic E-state index is 0.0709. The summed E-state index contributed by atoms with van der Waals surface area (Å²) < 4.78 is 5.41. The van der Waals surface area contributed by atoms with Gasteiger partial charge >= 0.3 is 6.01 Å². The second kappa shape index (κ2) is 4.54. The average molecular weight is 241 g/mol. The molecule has 0 aliphatic heterocycles. The number of hydrogen-bond donors (Lipinski definition) is 0. The smallest absolute Gasteiger partial charge is 0.324 e. The summed E-state index contributed by atoms with van der Waals surface area (Å²) in [6.07, 6.45) is 5.30. The van der Waals surface area contributed by atoms with Gasteiger partial charge in [0.05, 0.1) is 0 Å². The fourth-order valence-electron chi connectivity index (χ4n) is 0.825. The molecule has 0 spiro atoms. The standard InChI is InChI=1S/C10H13ClN4O/c1-6-10(2,3)16-9-13-7(11)12-8(14-9)15(4)5/h1H,2-5H3. The van der Waals surface area contributed by atoms with Crippen molar-refractivity contribution in [2.75, 3.05) is 19.0 Å². The van der Waals surface area contributed by atoms with Crippen LogP contribution < -0.4 is 9.64 Å². The summed E-state index contributed by atoms with van der Waals surface area (Å²) in [5.74, 6) is 2.90. The van der Waals surface area contributed by atoms with Crippen molar-refractivity contribution in [3.63, 3.8) is 0 Å². The molecule has 0 bridgehead atoms. The highest BCUT2D eigenvalue weighted by atomic mass is 35.5. The Balaban J connectivity index is 3.03. The maximum Gasteiger partial charge on any atom is 0.324 e. The van der Waals surface area contributed by atoms with Crippen molar-refractivity contribution >= 4 is 17.5 Å². The van der Waals surface area contributed by atoms with Crippen LogP contribution in [0.4, 0.5) is 5.95 Å². The fraction of sp³-hybridized carbons (Fsp3) is 0.500. The normalized spacial score (nSPS) is 10.8. The number of nitrogens with zero attached hydrogens (tertiary/aromatic N) is 4. The molecule has 1 aromatic heterocycles. The summed E-state index contributed by atoms with van der Waals surface area (Å²) in [5, 5.41) is 0.0709. The molecule has 1 rings (SSSR count). The van der Waals surface area contributed by atoms with Crippen LogP contribution in [0.2, 0.25) is 5.28 Å². The molecule has 6 heteroatoms. The lowest BCUT2D eigenvalue weighted by Gasteiger charge is -2.19. The van der Waals surface area contributed by atoms with Crippen LogP contribution in [0.3, 0.4) is 0 Å². The molecule has 0 saturated carbocycles. The Morgan fingerprint density at radius 1 is 1.31 bits per heavy atom. The molecule has 5 nitrogen and oxygen atoms in total. The molecule has 0 saturated heterocycles. The summed E-state index contributed by atoms with van der Waals surface area (Å²) in [6, 6.07) is 0.117. The molecule has 86 valence electrons. The van der Waals surface area contributed by atoms with Gasteiger partial charge in [0.15, 0.2) is 5.60 Å². The van der Waals surface area contributed by atoms with E-state index in [4.69, 9.17) is 22.8 Å². The van der Waals surface area contributed by atoms with E-state index in [1.165, 1.54) is 0 Å². The first-order valence-electron chi connectivity index (χ1n) is 4.60. The van der Waals surface area contributed by atoms with Crippen molar-refractivity contribution in [3.8, 4) is 18.4 Å². The fourth-order valence-corrected chi connectivity index (χ4v) is 0.973. The first-order chi connectivity index (χ1) is 7.34. The lowest BCUT2D eigenvalue weighted by atomic mass is 10.2. The third-order valence-corrected chi connectivity index (χ3v) is 1.84. The zero-order valence-corrected chi connectivity index (χ0v) is 10.4. The Morgan fingerprint density at radius 2 is 1.94 bits per heavy atom. The summed E-state index contributed by atoms with van der Waals surface area (Å²) in [5.41, 5.74) is -0.783. The monoisotopic (exact) mass is 240 g/mol. The lowest BCUT2D eigenvalue weighted by Crippen LogP contribution is -2.27. The van der Waals surface area contributed by atoms with Gasteiger partial charge in [0.1, 0.15) is 0 Å². The van der Waals surface area contributed by atoms with Gasteiger partial charge in [-0.3, -0.25) is 0 Å². The largest absolute Gasteiger partial charge is 0.444 e. The molecular weight excluding hydrogens is 228 g/mol. The van der Waals surface area contributed by atoms with Gasteiger partial charge in [-0.25, -0.2) is 0 Å². The zero-order chi connectivity index (χ0) is 12.3. The van der Waals surface area contributed by atoms with Crippen molar-refractivity contribution in [3.05, 3.63) is 5.28 Å². The summed E-state index contributed by atoms with van der Waals surface area (Å²) in [6.45, 7) is 3.47. The minimum Gasteiger partial charge on any atom is -0.444 e. The number of rotatable bonds is 3. The molecule has 0 atom stereocenters. The van der Waals surface area contributed by atoms with Crippen molar-refractivity contribution in [2.45, 2.75) is 19.4 Å². The van der Waals surface area contributed by atoms with Crippen LogP contribution in [-0.4, -0.2) is 34.6 Å². The highest BCUT2D eigenvalue weighted by Gasteiger charge is 2.19. The van der Waals surface area contributed by atoms with Crippen molar-refractivity contribution in [2.24, 2.45) is 0 Å². The minimum atomic E-state index is -0.783. The number of ether oxygens (including phenoxy) is 1. The van der Waals surface area contributed by atoms with Gasteiger partial charge < -0.3 is 9.64 Å². The molecular formula is C10H13ClN4O. The first kappa shape index (κ1) is 12.5. The van der Waals surface area contributed by atoms with Crippen LogP contribution in [0.1, 0.15) is 13.8 Å². The van der Waals surface area contributed by atoms with Crippen molar-refractivity contribution in [1.29, 1.82) is 0 Å². The van der Waals surface area contributed by atoms with E-state index in [2.05, 4.69) is 20.9 Å². The van der Waals surface area contributed by atoms with E-state index < -0.39 is 5.60 Å². The zero-order valence-electron chi connectivity index (χ0n) is 9.65. The van der Waals surface area contributed by atoms with E-state index in [0.29, 0.717) is 5.95 Å². The van der Waals surface area contributed by atoms with Crippen molar-refractivity contribution < 1.29 is 4.74 Å². The van der Waals surface area contributed by atoms with Gasteiger partial charge in [-0.15, -0.1) is 6.42 Å². The van der Waals surface area contributed by atoms with E-state index in [0.717, 1.165) is 0 Å². The number of halogens is 1. The molecule has 0 radical (unpaired) electrons. The van der Waals surface area contributed by atoms with Crippen LogP contribution in [0.25, 0.3) is 0 Å². The summed E-state index contributed by atoms with van der Waals surface area (Å²) >= 11 is 5.75. The molecule has 0 aliphatic carbocycles. The summed E-state index contributed by atoms with van der Waals surface area (Å²) in [4.78, 5) is 13.5. The second-order valence-electron chi connectivity index (χ2n) is 3.84. The third kappa shape index (κ3) is 3.24. The average Bonchev–Trinajstić information content (AvgIpc) is 2.16. The Labute approximate surface area is 99.8 Å². The van der Waals surface area contributed by atoms with E-state index in [1.807, 2.05) is 0 Å². The summed E-state index contributed by atoms with van der Waals surface area (Å²) in [7, 11) is 3.59. The Kier molecular flexibility index (Phi) is 3.55. The van der Waals surface area contributed by atoms with Gasteiger partial charge in [0, 0.05) is 14.1 Å². The maximum absolute atomic E-state index is 5.75. The topological polar surface area (TPSA) is 51.1 Å². The lowest BCUT2D eigenvalue weighted by molar-refractivity contribution is 0.156. The molecule has 0 N–H and O–H groups in total. The van der Waals surface area contributed by atoms with Crippen LogP contribution in [0, 0.1) is 12.3 Å². The quantitative estimate of drug-likeness (QED) is 0.748. The first-order valence-corrected chi connectivity index (χ1v) is 4.97. The molecule has 1 heterocycles. The Hall–Kier alpha value is -1.54. The van der Waals surface area contributed by atoms with Crippen LogP contribution in [0.15, 0.2) is 0 Å². The molecule has 0 aliphatic rings. The van der Waals surface area contributed by atoms with Gasteiger partial charge in [0.2, 0.25) is 11.2 Å². The van der Waals surface area contributed by atoms with Crippen molar-refractivity contribution in [1.82, 2.24) is 15.0 Å². The Morgan fingerprint density at radius 3 is 2.44 bits per heavy atom. The van der Waals surface area contributed by atoms with Gasteiger partial charge in [-0.2, -0.15) is 15.0 Å². The SMILES string of the molecule is C#CC(C)(C)Oc1nc(Cl)nc(N(C)C)n1. The van der Waals surface area contributed by atoms with Gasteiger partial charge in [-0.05, 0) is 25.4 Å². The van der Waals surface area contributed by atoms with Gasteiger partial charge in [-0.1, -0.05) is 5.92 Å². The van der Waals surface area contributed by atoms with Crippen LogP contribution >= 0.6 is 11.6 Å². The van der Waals surface area contributed by atoms with E-state index in [9.17, 15) is 0 Å². The Bertz CT molecular complexity index is 425. The highest BCUT2D eigenvalue weighted by molar-refractivity contribution is 6.28. The third-order valence-electron chi connectivity index (χ3n) is 1.67. The molecule has 0 amide bonds. The number of anilines is 1. The predicted molar refractivity (Wildman–Crippen MR) is 62.7 cm³/mol. The van der Waals surface area contributed by atoms with Crippen LogP contribution in [0.5, 0.6) is 6.01 Å². The van der Waals surface area contributed by atoms with Gasteiger partial charge in [0.25, 0.3) is 0 Å². The molecule has 0 unspecified atom stereocenters. The molecule has 1 aromatic rings.